The SMILES string of the molecule is Cc1ccn(CC(=O)O)c(=O)n1. The summed E-state index contributed by atoms with van der Waals surface area (Å²) < 4.78 is 1.04. The summed E-state index contributed by atoms with van der Waals surface area (Å²) in [5, 5.41) is 8.37. The van der Waals surface area contributed by atoms with Crippen molar-refractivity contribution in [3.05, 3.63) is 28.4 Å². The molecule has 0 aromatic carbocycles. The maximum absolute atomic E-state index is 11.0. The summed E-state index contributed by atoms with van der Waals surface area (Å²) in [6.07, 6.45) is 1.42. The summed E-state index contributed by atoms with van der Waals surface area (Å²) in [5.41, 5.74) is 0.0547. The third-order valence-corrected chi connectivity index (χ3v) is 1.32. The molecule has 0 unspecified atom stereocenters. The smallest absolute Gasteiger partial charge is 0.348 e. The van der Waals surface area contributed by atoms with Crippen molar-refractivity contribution in [2.75, 3.05) is 0 Å². The zero-order valence-corrected chi connectivity index (χ0v) is 6.52. The number of carboxylic acid groups (broad SMARTS) is 1. The zero-order valence-electron chi connectivity index (χ0n) is 6.52. The first-order valence-corrected chi connectivity index (χ1v) is 3.35. The Labute approximate surface area is 68.3 Å². The Morgan fingerprint density at radius 2 is 2.42 bits per heavy atom. The lowest BCUT2D eigenvalue weighted by molar-refractivity contribution is -0.137. The monoisotopic (exact) mass is 168 g/mol. The number of carboxylic acids is 1. The van der Waals surface area contributed by atoms with Crippen molar-refractivity contribution >= 4 is 5.97 Å². The van der Waals surface area contributed by atoms with E-state index in [1.54, 1.807) is 13.0 Å². The molecule has 0 fully saturated rings. The lowest BCUT2D eigenvalue weighted by atomic mass is 10.4. The summed E-state index contributed by atoms with van der Waals surface area (Å²) in [5.74, 6) is -1.05. The van der Waals surface area contributed by atoms with E-state index in [0.717, 1.165) is 4.57 Å². The van der Waals surface area contributed by atoms with Crippen LogP contribution in [0.5, 0.6) is 0 Å². The third kappa shape index (κ3) is 1.91. The van der Waals surface area contributed by atoms with Gasteiger partial charge in [-0.3, -0.25) is 9.36 Å². The summed E-state index contributed by atoms with van der Waals surface area (Å²) in [7, 11) is 0. The average molecular weight is 168 g/mol. The fraction of sp³-hybridized carbons (Fsp3) is 0.286. The van der Waals surface area contributed by atoms with Gasteiger partial charge in [-0.15, -0.1) is 0 Å². The van der Waals surface area contributed by atoms with Gasteiger partial charge < -0.3 is 5.11 Å². The molecule has 0 bridgehead atoms. The second kappa shape index (κ2) is 3.17. The van der Waals surface area contributed by atoms with Crippen molar-refractivity contribution < 1.29 is 9.90 Å². The Balaban J connectivity index is 3.02. The fourth-order valence-corrected chi connectivity index (χ4v) is 0.780. The molecule has 0 saturated carbocycles. The van der Waals surface area contributed by atoms with Gasteiger partial charge in [0, 0.05) is 11.9 Å². The highest BCUT2D eigenvalue weighted by Crippen LogP contribution is 1.85. The van der Waals surface area contributed by atoms with Crippen molar-refractivity contribution in [2.45, 2.75) is 13.5 Å². The van der Waals surface area contributed by atoms with Crippen LogP contribution in [0.2, 0.25) is 0 Å². The van der Waals surface area contributed by atoms with E-state index >= 15 is 0 Å². The van der Waals surface area contributed by atoms with Crippen molar-refractivity contribution in [3.8, 4) is 0 Å². The van der Waals surface area contributed by atoms with E-state index in [4.69, 9.17) is 5.11 Å². The minimum Gasteiger partial charge on any atom is -0.480 e. The second-order valence-electron chi connectivity index (χ2n) is 2.37. The van der Waals surface area contributed by atoms with E-state index in [2.05, 4.69) is 4.98 Å². The number of carbonyl (C=O) groups is 1. The van der Waals surface area contributed by atoms with Gasteiger partial charge >= 0.3 is 11.7 Å². The number of aryl methyl sites for hydroxylation is 1. The number of hydrogen-bond acceptors (Lipinski definition) is 3. The zero-order chi connectivity index (χ0) is 9.14. The van der Waals surface area contributed by atoms with Gasteiger partial charge in [0.15, 0.2) is 0 Å². The topological polar surface area (TPSA) is 72.2 Å². The lowest BCUT2D eigenvalue weighted by Gasteiger charge is -1.99. The minimum atomic E-state index is -1.05. The summed E-state index contributed by atoms with van der Waals surface area (Å²) in [6, 6.07) is 1.59. The van der Waals surface area contributed by atoms with Gasteiger partial charge in [-0.25, -0.2) is 4.79 Å². The van der Waals surface area contributed by atoms with E-state index < -0.39 is 11.7 Å². The van der Waals surface area contributed by atoms with Crippen LogP contribution in [-0.4, -0.2) is 20.6 Å². The van der Waals surface area contributed by atoms with Crippen LogP contribution in [0, 0.1) is 6.92 Å². The highest BCUT2D eigenvalue weighted by atomic mass is 16.4. The van der Waals surface area contributed by atoms with Gasteiger partial charge in [0.05, 0.1) is 0 Å². The van der Waals surface area contributed by atoms with Crippen LogP contribution in [0.25, 0.3) is 0 Å². The molecule has 1 heterocycles. The van der Waals surface area contributed by atoms with E-state index in [1.165, 1.54) is 6.20 Å². The number of aliphatic carboxylic acids is 1. The van der Waals surface area contributed by atoms with E-state index in [1.807, 2.05) is 0 Å². The van der Waals surface area contributed by atoms with Crippen molar-refractivity contribution in [3.63, 3.8) is 0 Å². The molecule has 0 aliphatic rings. The molecular weight excluding hydrogens is 160 g/mol. The summed E-state index contributed by atoms with van der Waals surface area (Å²) >= 11 is 0. The molecule has 0 aliphatic carbocycles. The Kier molecular flexibility index (Phi) is 2.23. The number of aromatic nitrogens is 2. The molecule has 0 amide bonds. The van der Waals surface area contributed by atoms with Crippen LogP contribution >= 0.6 is 0 Å². The van der Waals surface area contributed by atoms with Gasteiger partial charge in [-0.05, 0) is 13.0 Å². The molecule has 1 aromatic heterocycles. The van der Waals surface area contributed by atoms with Gasteiger partial charge in [0.25, 0.3) is 0 Å². The first-order valence-electron chi connectivity index (χ1n) is 3.35. The Morgan fingerprint density at radius 3 is 2.92 bits per heavy atom. The molecule has 5 heteroatoms. The van der Waals surface area contributed by atoms with Crippen LogP contribution in [0.1, 0.15) is 5.69 Å². The predicted molar refractivity (Wildman–Crippen MR) is 40.9 cm³/mol. The number of hydrogen-bond donors (Lipinski definition) is 1. The summed E-state index contributed by atoms with van der Waals surface area (Å²) in [4.78, 5) is 24.8. The highest BCUT2D eigenvalue weighted by Gasteiger charge is 2.01. The molecule has 0 radical (unpaired) electrons. The Bertz CT molecular complexity index is 356. The van der Waals surface area contributed by atoms with Crippen molar-refractivity contribution in [2.24, 2.45) is 0 Å². The summed E-state index contributed by atoms with van der Waals surface area (Å²) in [6.45, 7) is 1.33. The maximum atomic E-state index is 11.0. The van der Waals surface area contributed by atoms with Crippen LogP contribution in [0.3, 0.4) is 0 Å². The molecule has 1 aromatic rings. The molecule has 0 spiro atoms. The largest absolute Gasteiger partial charge is 0.480 e. The molecule has 64 valence electrons. The first-order chi connectivity index (χ1) is 5.59. The van der Waals surface area contributed by atoms with Gasteiger partial charge in [0.2, 0.25) is 0 Å². The van der Waals surface area contributed by atoms with Crippen molar-refractivity contribution in [1.29, 1.82) is 0 Å². The predicted octanol–water partition coefficient (Wildman–Crippen LogP) is -0.364. The fourth-order valence-electron chi connectivity index (χ4n) is 0.780. The first kappa shape index (κ1) is 8.45. The second-order valence-corrected chi connectivity index (χ2v) is 2.37. The van der Waals surface area contributed by atoms with E-state index in [-0.39, 0.29) is 6.54 Å². The number of rotatable bonds is 2. The minimum absolute atomic E-state index is 0.341. The average Bonchev–Trinajstić information content (AvgIpc) is 1.94. The van der Waals surface area contributed by atoms with E-state index in [9.17, 15) is 9.59 Å². The highest BCUT2D eigenvalue weighted by molar-refractivity contribution is 5.66. The molecular formula is C7H8N2O3. The third-order valence-electron chi connectivity index (χ3n) is 1.32. The molecule has 5 nitrogen and oxygen atoms in total. The van der Waals surface area contributed by atoms with Crippen LogP contribution in [-0.2, 0) is 11.3 Å². The normalized spacial score (nSPS) is 9.75. The molecule has 1 N–H and O–H groups in total. The molecule has 0 saturated heterocycles. The lowest BCUT2D eigenvalue weighted by Crippen LogP contribution is -2.26. The van der Waals surface area contributed by atoms with Gasteiger partial charge in [0.1, 0.15) is 6.54 Å². The maximum Gasteiger partial charge on any atom is 0.348 e. The molecule has 1 rings (SSSR count). The van der Waals surface area contributed by atoms with Gasteiger partial charge in [-0.1, -0.05) is 0 Å². The Hall–Kier alpha value is -1.65. The van der Waals surface area contributed by atoms with Crippen molar-refractivity contribution in [1.82, 2.24) is 9.55 Å². The van der Waals surface area contributed by atoms with Crippen LogP contribution in [0.4, 0.5) is 0 Å². The number of nitrogens with zero attached hydrogens (tertiary/aromatic N) is 2. The van der Waals surface area contributed by atoms with Gasteiger partial charge in [-0.2, -0.15) is 4.98 Å². The standard InChI is InChI=1S/C7H8N2O3/c1-5-2-3-9(4-6(10)11)7(12)8-5/h2-3H,4H2,1H3,(H,10,11). The van der Waals surface area contributed by atoms with Crippen LogP contribution in [0.15, 0.2) is 17.1 Å². The van der Waals surface area contributed by atoms with Crippen LogP contribution < -0.4 is 5.69 Å². The molecule has 0 atom stereocenters. The molecule has 12 heavy (non-hydrogen) atoms. The Morgan fingerprint density at radius 1 is 1.75 bits per heavy atom. The van der Waals surface area contributed by atoms with E-state index in [0.29, 0.717) is 5.69 Å². The quantitative estimate of drug-likeness (QED) is 0.654. The molecule has 0 aliphatic heterocycles.